The van der Waals surface area contributed by atoms with Crippen LogP contribution in [-0.2, 0) is 13.3 Å². The van der Waals surface area contributed by atoms with Crippen LogP contribution in [0.15, 0.2) is 0 Å². The van der Waals surface area contributed by atoms with Crippen molar-refractivity contribution in [1.82, 2.24) is 0 Å². The Hall–Kier alpha value is 0.314. The highest BCUT2D eigenvalue weighted by molar-refractivity contribution is 6.71. The summed E-state index contributed by atoms with van der Waals surface area (Å²) in [5.41, 5.74) is 0. The van der Waals surface area contributed by atoms with Crippen LogP contribution in [0, 0.1) is 0 Å². The lowest BCUT2D eigenvalue weighted by Crippen LogP contribution is -2.31. The third-order valence-electron chi connectivity index (χ3n) is 2.46. The third kappa shape index (κ3) is 8.46. The molecule has 0 atom stereocenters. The van der Waals surface area contributed by atoms with Crippen LogP contribution in [0.2, 0.25) is 25.2 Å². The van der Waals surface area contributed by atoms with Gasteiger partial charge in [-0.05, 0) is 46.0 Å². The van der Waals surface area contributed by atoms with Crippen molar-refractivity contribution >= 4 is 17.6 Å². The number of rotatable bonds is 10. The molecule has 0 amide bonds. The highest BCUT2D eigenvalue weighted by Crippen LogP contribution is 2.16. The quantitative estimate of drug-likeness (QED) is 0.568. The Morgan fingerprint density at radius 2 is 1.50 bits per heavy atom. The molecule has 0 fully saturated rings. The molecule has 0 heterocycles. The molecule has 16 heavy (non-hydrogen) atoms. The van der Waals surface area contributed by atoms with Crippen LogP contribution in [0.25, 0.3) is 0 Å². The van der Waals surface area contributed by atoms with E-state index >= 15 is 0 Å². The summed E-state index contributed by atoms with van der Waals surface area (Å²) in [7, 11) is -2.78. The molecule has 0 rings (SSSR count). The molecule has 0 unspecified atom stereocenters. The van der Waals surface area contributed by atoms with Crippen LogP contribution >= 0.6 is 0 Å². The fourth-order valence-corrected chi connectivity index (χ4v) is 5.84. The van der Waals surface area contributed by atoms with E-state index in [9.17, 15) is 0 Å². The molecule has 0 aromatic rings. The highest BCUT2D eigenvalue weighted by atomic mass is 28.4. The monoisotopic (exact) mass is 264 g/mol. The molecule has 0 aliphatic heterocycles. The maximum absolute atomic E-state index is 5.80. The predicted molar refractivity (Wildman–Crippen MR) is 73.7 cm³/mol. The Balaban J connectivity index is 3.75. The van der Waals surface area contributed by atoms with E-state index < -0.39 is 17.6 Å². The lowest BCUT2D eigenvalue weighted by Gasteiger charge is -2.22. The molecular formula is C11H28O3Si2. The van der Waals surface area contributed by atoms with Crippen LogP contribution in [0.5, 0.6) is 0 Å². The first-order chi connectivity index (χ1) is 7.55. The van der Waals surface area contributed by atoms with Gasteiger partial charge in [-0.1, -0.05) is 6.42 Å². The minimum absolute atomic E-state index is 0.781. The molecule has 0 aromatic carbocycles. The van der Waals surface area contributed by atoms with E-state index in [1.54, 1.807) is 0 Å². The summed E-state index contributed by atoms with van der Waals surface area (Å²) in [5, 5.41) is 0. The van der Waals surface area contributed by atoms with Crippen molar-refractivity contribution in [1.29, 1.82) is 0 Å². The first-order valence-electron chi connectivity index (χ1n) is 6.42. The van der Waals surface area contributed by atoms with E-state index in [2.05, 4.69) is 20.0 Å². The second-order valence-electron chi connectivity index (χ2n) is 4.43. The van der Waals surface area contributed by atoms with E-state index in [1.165, 1.54) is 12.5 Å². The molecule has 0 saturated carbocycles. The van der Waals surface area contributed by atoms with Crippen molar-refractivity contribution < 1.29 is 13.3 Å². The van der Waals surface area contributed by atoms with Crippen LogP contribution in [-0.4, -0.2) is 37.4 Å². The van der Waals surface area contributed by atoms with Gasteiger partial charge in [0.1, 0.15) is 0 Å². The largest absolute Gasteiger partial charge is 0.418 e. The van der Waals surface area contributed by atoms with Crippen LogP contribution in [0.3, 0.4) is 0 Å². The second kappa shape index (κ2) is 9.35. The predicted octanol–water partition coefficient (Wildman–Crippen LogP) is 2.91. The summed E-state index contributed by atoms with van der Waals surface area (Å²) in [6.07, 6.45) is 1.19. The zero-order chi connectivity index (χ0) is 12.4. The van der Waals surface area contributed by atoms with Gasteiger partial charge >= 0.3 is 9.28 Å². The van der Waals surface area contributed by atoms with Crippen LogP contribution < -0.4 is 0 Å². The van der Waals surface area contributed by atoms with Crippen molar-refractivity contribution in [2.75, 3.05) is 19.8 Å². The first-order valence-corrected chi connectivity index (χ1v) is 11.3. The van der Waals surface area contributed by atoms with Gasteiger partial charge in [0.25, 0.3) is 0 Å². The Bertz CT molecular complexity index is 159. The van der Waals surface area contributed by atoms with Gasteiger partial charge in [0.15, 0.2) is 8.32 Å². The maximum Gasteiger partial charge on any atom is 0.321 e. The molecule has 3 nitrogen and oxygen atoms in total. The van der Waals surface area contributed by atoms with Crippen molar-refractivity contribution in [2.45, 2.75) is 52.4 Å². The molecular weight excluding hydrogens is 236 g/mol. The zero-order valence-electron chi connectivity index (χ0n) is 11.5. The Morgan fingerprint density at radius 3 is 1.94 bits per heavy atom. The van der Waals surface area contributed by atoms with E-state index in [0.717, 1.165) is 25.9 Å². The summed E-state index contributed by atoms with van der Waals surface area (Å²) in [6.45, 7) is 13.1. The van der Waals surface area contributed by atoms with Crippen molar-refractivity contribution in [3.8, 4) is 0 Å². The molecule has 0 saturated heterocycles. The molecule has 0 spiro atoms. The number of hydrogen-bond acceptors (Lipinski definition) is 3. The van der Waals surface area contributed by atoms with Crippen molar-refractivity contribution in [2.24, 2.45) is 0 Å². The Labute approximate surface area is 103 Å². The average molecular weight is 265 g/mol. The Kier molecular flexibility index (Phi) is 9.54. The molecule has 0 aliphatic rings. The lowest BCUT2D eigenvalue weighted by molar-refractivity contribution is 0.213. The normalized spacial score (nSPS) is 12.4. The van der Waals surface area contributed by atoms with E-state index in [4.69, 9.17) is 13.3 Å². The summed E-state index contributed by atoms with van der Waals surface area (Å²) in [4.78, 5) is 0. The van der Waals surface area contributed by atoms with Gasteiger partial charge in [-0.3, -0.25) is 0 Å². The van der Waals surface area contributed by atoms with Crippen molar-refractivity contribution in [3.63, 3.8) is 0 Å². The van der Waals surface area contributed by atoms with Gasteiger partial charge in [0, 0.05) is 19.8 Å². The molecule has 0 aromatic heterocycles. The van der Waals surface area contributed by atoms with Gasteiger partial charge in [-0.25, -0.2) is 0 Å². The smallest absolute Gasteiger partial charge is 0.321 e. The van der Waals surface area contributed by atoms with Gasteiger partial charge < -0.3 is 13.3 Å². The van der Waals surface area contributed by atoms with Crippen LogP contribution in [0.4, 0.5) is 0 Å². The molecule has 5 heteroatoms. The van der Waals surface area contributed by atoms with Gasteiger partial charge in [-0.2, -0.15) is 0 Å². The van der Waals surface area contributed by atoms with Crippen LogP contribution in [0.1, 0.15) is 27.2 Å². The van der Waals surface area contributed by atoms with Crippen molar-refractivity contribution in [3.05, 3.63) is 0 Å². The summed E-state index contributed by atoms with van der Waals surface area (Å²) in [6, 6.07) is 2.33. The van der Waals surface area contributed by atoms with Gasteiger partial charge in [-0.15, -0.1) is 0 Å². The standard InChI is InChI=1S/C11H28O3Si2/c1-6-12-15(13-7-2)10-9-11-16(4,5)14-8-3/h15H,6-11H2,1-5H3. The highest BCUT2D eigenvalue weighted by Gasteiger charge is 2.22. The third-order valence-corrected chi connectivity index (χ3v) is 7.38. The Morgan fingerprint density at radius 1 is 0.938 bits per heavy atom. The minimum atomic E-state index is -1.40. The first kappa shape index (κ1) is 16.3. The summed E-state index contributed by atoms with van der Waals surface area (Å²) in [5.74, 6) is 0. The molecule has 0 bridgehead atoms. The average Bonchev–Trinajstić information content (AvgIpc) is 2.18. The van der Waals surface area contributed by atoms with Gasteiger partial charge in [0.2, 0.25) is 0 Å². The number of hydrogen-bond donors (Lipinski definition) is 0. The molecule has 0 N–H and O–H groups in total. The zero-order valence-corrected chi connectivity index (χ0v) is 13.7. The van der Waals surface area contributed by atoms with E-state index in [0.29, 0.717) is 0 Å². The molecule has 0 radical (unpaired) electrons. The summed E-state index contributed by atoms with van der Waals surface area (Å²) < 4.78 is 17.1. The van der Waals surface area contributed by atoms with E-state index in [-0.39, 0.29) is 0 Å². The molecule has 98 valence electrons. The molecule has 0 aliphatic carbocycles. The minimum Gasteiger partial charge on any atom is -0.418 e. The fraction of sp³-hybridized carbons (Fsp3) is 1.00. The lowest BCUT2D eigenvalue weighted by atomic mass is 10.6. The SMILES string of the molecule is CCO[SiH](CCC[Si](C)(C)OCC)OCC. The topological polar surface area (TPSA) is 27.7 Å². The maximum atomic E-state index is 5.80. The second-order valence-corrected chi connectivity index (χ2v) is 10.8. The summed E-state index contributed by atoms with van der Waals surface area (Å²) >= 11 is 0. The van der Waals surface area contributed by atoms with E-state index in [1.807, 2.05) is 13.8 Å². The van der Waals surface area contributed by atoms with Gasteiger partial charge in [0.05, 0.1) is 0 Å². The fourth-order valence-electron chi connectivity index (χ4n) is 1.74.